The van der Waals surface area contributed by atoms with Crippen LogP contribution in [0, 0.1) is 5.92 Å². The number of rotatable bonds is 10. The first kappa shape index (κ1) is 22.9. The SMILES string of the molecule is COc1ccc(-n2ccc(CNC(=O)/C=C/c3ccc(OCC(C)C)c(OC)c3)n2)cc1. The van der Waals surface area contributed by atoms with E-state index in [1.165, 1.54) is 6.08 Å². The summed E-state index contributed by atoms with van der Waals surface area (Å²) < 4.78 is 18.1. The molecule has 0 saturated carbocycles. The Morgan fingerprint density at radius 2 is 1.84 bits per heavy atom. The summed E-state index contributed by atoms with van der Waals surface area (Å²) in [4.78, 5) is 12.2. The van der Waals surface area contributed by atoms with Gasteiger partial charge in [0.2, 0.25) is 5.91 Å². The molecule has 0 fully saturated rings. The maximum Gasteiger partial charge on any atom is 0.244 e. The van der Waals surface area contributed by atoms with Gasteiger partial charge in [-0.1, -0.05) is 19.9 Å². The van der Waals surface area contributed by atoms with Crippen molar-refractivity contribution in [3.8, 4) is 22.9 Å². The molecule has 32 heavy (non-hydrogen) atoms. The monoisotopic (exact) mass is 435 g/mol. The Kier molecular flexibility index (Phi) is 7.91. The molecule has 7 heteroatoms. The van der Waals surface area contributed by atoms with Gasteiger partial charge in [-0.05, 0) is 60.0 Å². The maximum atomic E-state index is 12.2. The zero-order chi connectivity index (χ0) is 22.9. The second-order valence-electron chi connectivity index (χ2n) is 7.62. The summed E-state index contributed by atoms with van der Waals surface area (Å²) in [6.45, 7) is 5.12. The average molecular weight is 436 g/mol. The summed E-state index contributed by atoms with van der Waals surface area (Å²) in [6.07, 6.45) is 5.08. The molecule has 1 heterocycles. The fourth-order valence-corrected chi connectivity index (χ4v) is 2.91. The van der Waals surface area contributed by atoms with Gasteiger partial charge in [0, 0.05) is 12.3 Å². The highest BCUT2D eigenvalue weighted by Crippen LogP contribution is 2.29. The minimum Gasteiger partial charge on any atom is -0.497 e. The highest BCUT2D eigenvalue weighted by atomic mass is 16.5. The predicted octanol–water partition coefficient (Wildman–Crippen LogP) is 4.25. The van der Waals surface area contributed by atoms with Crippen LogP contribution in [0.2, 0.25) is 0 Å². The third-order valence-electron chi connectivity index (χ3n) is 4.61. The van der Waals surface area contributed by atoms with Crippen molar-refractivity contribution in [1.82, 2.24) is 15.1 Å². The van der Waals surface area contributed by atoms with Crippen molar-refractivity contribution >= 4 is 12.0 Å². The minimum atomic E-state index is -0.205. The van der Waals surface area contributed by atoms with E-state index in [4.69, 9.17) is 14.2 Å². The first-order valence-corrected chi connectivity index (χ1v) is 10.4. The molecule has 1 amide bonds. The Labute approximate surface area is 188 Å². The summed E-state index contributed by atoms with van der Waals surface area (Å²) in [5.74, 6) is 2.33. The van der Waals surface area contributed by atoms with E-state index in [-0.39, 0.29) is 5.91 Å². The lowest BCUT2D eigenvalue weighted by atomic mass is 10.2. The molecule has 0 bridgehead atoms. The van der Waals surface area contributed by atoms with E-state index in [1.54, 1.807) is 25.0 Å². The fraction of sp³-hybridized carbons (Fsp3) is 0.280. The zero-order valence-electron chi connectivity index (χ0n) is 18.9. The largest absolute Gasteiger partial charge is 0.497 e. The third kappa shape index (κ3) is 6.38. The van der Waals surface area contributed by atoms with Gasteiger partial charge in [-0.3, -0.25) is 4.79 Å². The molecule has 3 aromatic rings. The molecule has 0 spiro atoms. The lowest BCUT2D eigenvalue weighted by molar-refractivity contribution is -0.116. The van der Waals surface area contributed by atoms with E-state index in [2.05, 4.69) is 24.3 Å². The van der Waals surface area contributed by atoms with Crippen LogP contribution in [0.5, 0.6) is 17.2 Å². The van der Waals surface area contributed by atoms with E-state index in [0.29, 0.717) is 30.6 Å². The second kappa shape index (κ2) is 11.0. The van der Waals surface area contributed by atoms with Crippen LogP contribution in [-0.4, -0.2) is 36.5 Å². The van der Waals surface area contributed by atoms with Crippen LogP contribution in [0.15, 0.2) is 60.8 Å². The lowest BCUT2D eigenvalue weighted by Crippen LogP contribution is -2.20. The van der Waals surface area contributed by atoms with Gasteiger partial charge < -0.3 is 19.5 Å². The number of carbonyl (C=O) groups excluding carboxylic acids is 1. The number of benzene rings is 2. The highest BCUT2D eigenvalue weighted by Gasteiger charge is 2.07. The van der Waals surface area contributed by atoms with E-state index in [0.717, 1.165) is 22.7 Å². The first-order valence-electron chi connectivity index (χ1n) is 10.4. The molecular formula is C25H29N3O4. The van der Waals surface area contributed by atoms with Crippen LogP contribution >= 0.6 is 0 Å². The molecule has 2 aromatic carbocycles. The van der Waals surface area contributed by atoms with Gasteiger partial charge in [-0.15, -0.1) is 0 Å². The topological polar surface area (TPSA) is 74.6 Å². The van der Waals surface area contributed by atoms with Crippen molar-refractivity contribution in [3.05, 3.63) is 72.1 Å². The van der Waals surface area contributed by atoms with Crippen LogP contribution in [-0.2, 0) is 11.3 Å². The summed E-state index contributed by atoms with van der Waals surface area (Å²) >= 11 is 0. The average Bonchev–Trinajstić information content (AvgIpc) is 3.29. The van der Waals surface area contributed by atoms with Gasteiger partial charge in [-0.2, -0.15) is 5.10 Å². The van der Waals surface area contributed by atoms with E-state index in [9.17, 15) is 4.79 Å². The third-order valence-corrected chi connectivity index (χ3v) is 4.61. The highest BCUT2D eigenvalue weighted by molar-refractivity contribution is 5.91. The molecule has 1 aromatic heterocycles. The zero-order valence-corrected chi connectivity index (χ0v) is 18.9. The summed E-state index contributed by atoms with van der Waals surface area (Å²) in [6, 6.07) is 15.0. The number of hydrogen-bond acceptors (Lipinski definition) is 5. The predicted molar refractivity (Wildman–Crippen MR) is 124 cm³/mol. The molecule has 0 aliphatic heterocycles. The Morgan fingerprint density at radius 3 is 2.53 bits per heavy atom. The van der Waals surface area contributed by atoms with Crippen molar-refractivity contribution in [2.45, 2.75) is 20.4 Å². The molecule has 0 radical (unpaired) electrons. The normalized spacial score (nSPS) is 11.0. The summed E-state index contributed by atoms with van der Waals surface area (Å²) in [5.41, 5.74) is 2.52. The minimum absolute atomic E-state index is 0.205. The van der Waals surface area contributed by atoms with Crippen molar-refractivity contribution in [1.29, 1.82) is 0 Å². The number of ether oxygens (including phenoxy) is 3. The van der Waals surface area contributed by atoms with E-state index in [1.807, 2.05) is 54.7 Å². The molecule has 0 aliphatic carbocycles. The number of hydrogen-bond donors (Lipinski definition) is 1. The molecule has 3 rings (SSSR count). The molecule has 0 atom stereocenters. The molecule has 1 N–H and O–H groups in total. The molecular weight excluding hydrogens is 406 g/mol. The number of carbonyl (C=O) groups is 1. The standard InChI is InChI=1S/C25H29N3O4/c1-18(2)17-32-23-11-5-19(15-24(23)31-4)6-12-25(29)26-16-20-13-14-28(27-20)21-7-9-22(30-3)10-8-21/h5-15,18H,16-17H2,1-4H3,(H,26,29)/b12-6+. The lowest BCUT2D eigenvalue weighted by Gasteiger charge is -2.12. The number of nitrogens with one attached hydrogen (secondary N) is 1. The van der Waals surface area contributed by atoms with Crippen molar-refractivity contribution in [2.75, 3.05) is 20.8 Å². The summed E-state index contributed by atoms with van der Waals surface area (Å²) in [7, 11) is 3.23. The van der Waals surface area contributed by atoms with Crippen LogP contribution in [0.1, 0.15) is 25.1 Å². The number of aromatic nitrogens is 2. The van der Waals surface area contributed by atoms with E-state index >= 15 is 0 Å². The van der Waals surface area contributed by atoms with Crippen LogP contribution in [0.4, 0.5) is 0 Å². The van der Waals surface area contributed by atoms with Crippen LogP contribution in [0.25, 0.3) is 11.8 Å². The van der Waals surface area contributed by atoms with Crippen molar-refractivity contribution in [3.63, 3.8) is 0 Å². The molecule has 7 nitrogen and oxygen atoms in total. The summed E-state index contributed by atoms with van der Waals surface area (Å²) in [5, 5.41) is 7.34. The molecule has 168 valence electrons. The molecule has 0 saturated heterocycles. The van der Waals surface area contributed by atoms with Gasteiger partial charge in [0.05, 0.1) is 38.8 Å². The van der Waals surface area contributed by atoms with Gasteiger partial charge in [-0.25, -0.2) is 4.68 Å². The van der Waals surface area contributed by atoms with E-state index < -0.39 is 0 Å². The number of methoxy groups -OCH3 is 2. The van der Waals surface area contributed by atoms with Gasteiger partial charge in [0.1, 0.15) is 5.75 Å². The Hall–Kier alpha value is -3.74. The van der Waals surface area contributed by atoms with Gasteiger partial charge >= 0.3 is 0 Å². The Bertz CT molecular complexity index is 1060. The van der Waals surface area contributed by atoms with Crippen LogP contribution in [0.3, 0.4) is 0 Å². The molecule has 0 unspecified atom stereocenters. The number of amides is 1. The Morgan fingerprint density at radius 1 is 1.06 bits per heavy atom. The van der Waals surface area contributed by atoms with Gasteiger partial charge in [0.25, 0.3) is 0 Å². The smallest absolute Gasteiger partial charge is 0.244 e. The Balaban J connectivity index is 1.55. The molecule has 0 aliphatic rings. The fourth-order valence-electron chi connectivity index (χ4n) is 2.91. The maximum absolute atomic E-state index is 12.2. The second-order valence-corrected chi connectivity index (χ2v) is 7.62. The van der Waals surface area contributed by atoms with Crippen LogP contribution < -0.4 is 19.5 Å². The quantitative estimate of drug-likeness (QED) is 0.482. The first-order chi connectivity index (χ1) is 15.5. The van der Waals surface area contributed by atoms with Crippen molar-refractivity contribution in [2.24, 2.45) is 5.92 Å². The van der Waals surface area contributed by atoms with Crippen molar-refractivity contribution < 1.29 is 19.0 Å². The number of nitrogens with zero attached hydrogens (tertiary/aromatic N) is 2. The van der Waals surface area contributed by atoms with Gasteiger partial charge in [0.15, 0.2) is 11.5 Å².